The maximum absolute atomic E-state index is 4.55. The maximum atomic E-state index is 4.55. The van der Waals surface area contributed by atoms with Crippen molar-refractivity contribution in [1.82, 2.24) is 9.38 Å². The standard InChI is InChI=1S/C13H27.C7H7N2S.Sn/c1-4-7-10-13(11-8-5-2)12-9-6-3;1-2-6-7-9(5-8-6)3-4-10-7;/h4-12H2,1-3H3;3,5H,2H2,1H3;. The summed E-state index contributed by atoms with van der Waals surface area (Å²) in [6.45, 7) is 9.27. The molecule has 0 spiro atoms. The zero-order chi connectivity index (χ0) is 17.4. The number of unbranched alkanes of at least 4 members (excludes halogenated alkanes) is 3. The van der Waals surface area contributed by atoms with Gasteiger partial charge in [0.15, 0.2) is 0 Å². The summed E-state index contributed by atoms with van der Waals surface area (Å²) < 4.78 is 4.71. The number of nitrogens with zero attached hydrogens (tertiary/aromatic N) is 2. The average Bonchev–Trinajstić information content (AvgIpc) is 3.15. The first kappa shape index (κ1) is 20.3. The van der Waals surface area contributed by atoms with Gasteiger partial charge in [-0.05, 0) is 0 Å². The molecule has 134 valence electrons. The molecule has 2 heterocycles. The number of rotatable bonds is 12. The topological polar surface area (TPSA) is 17.3 Å². The summed E-state index contributed by atoms with van der Waals surface area (Å²) in [5.41, 5.74) is 1.28. The Morgan fingerprint density at radius 3 is 2.08 bits per heavy atom. The predicted molar refractivity (Wildman–Crippen MR) is 109 cm³/mol. The van der Waals surface area contributed by atoms with Gasteiger partial charge < -0.3 is 0 Å². The first-order chi connectivity index (χ1) is 11.7. The van der Waals surface area contributed by atoms with Crippen LogP contribution in [0.2, 0.25) is 3.43 Å². The molecule has 4 heteroatoms. The van der Waals surface area contributed by atoms with Crippen LogP contribution in [0.3, 0.4) is 0 Å². The number of hydrogen-bond acceptors (Lipinski definition) is 2. The van der Waals surface area contributed by atoms with Gasteiger partial charge in [-0.3, -0.25) is 0 Å². The Hall–Kier alpha value is -0.0313. The van der Waals surface area contributed by atoms with E-state index >= 15 is 0 Å². The Labute approximate surface area is 162 Å². The number of thiazole rings is 1. The molecular formula is C20H34N2SSn. The molecule has 0 unspecified atom stereocenters. The van der Waals surface area contributed by atoms with Gasteiger partial charge in [-0.15, -0.1) is 0 Å². The van der Waals surface area contributed by atoms with Crippen molar-refractivity contribution in [3.63, 3.8) is 0 Å². The molecule has 0 saturated heterocycles. The third-order valence-electron chi connectivity index (χ3n) is 5.03. The van der Waals surface area contributed by atoms with Gasteiger partial charge in [-0.25, -0.2) is 0 Å². The molecule has 0 aromatic carbocycles. The van der Waals surface area contributed by atoms with Crippen LogP contribution in [0.5, 0.6) is 0 Å². The molecule has 0 fully saturated rings. The molecule has 0 N–H and O–H groups in total. The predicted octanol–water partition coefficient (Wildman–Crippen LogP) is 6.02. The van der Waals surface area contributed by atoms with Crippen molar-refractivity contribution in [3.8, 4) is 0 Å². The van der Waals surface area contributed by atoms with Gasteiger partial charge in [0, 0.05) is 0 Å². The van der Waals surface area contributed by atoms with Crippen molar-refractivity contribution < 1.29 is 0 Å². The average molecular weight is 453 g/mol. The van der Waals surface area contributed by atoms with E-state index in [1.165, 1.54) is 68.3 Å². The van der Waals surface area contributed by atoms with Crippen molar-refractivity contribution >= 4 is 40.2 Å². The second kappa shape index (κ2) is 10.2. The molecule has 2 radical (unpaired) electrons. The van der Waals surface area contributed by atoms with Crippen LogP contribution in [0.25, 0.3) is 4.83 Å². The summed E-state index contributed by atoms with van der Waals surface area (Å²) in [7, 11) is 0. The molecular weight excluding hydrogens is 419 g/mol. The van der Waals surface area contributed by atoms with Crippen LogP contribution in [0.4, 0.5) is 0 Å². The first-order valence-corrected chi connectivity index (χ1v) is 13.6. The van der Waals surface area contributed by atoms with E-state index in [9.17, 15) is 0 Å². The third kappa shape index (κ3) is 5.23. The number of aryl methyl sites for hydroxylation is 1. The van der Waals surface area contributed by atoms with Gasteiger partial charge in [0.1, 0.15) is 0 Å². The van der Waals surface area contributed by atoms with Gasteiger partial charge in [-0.1, -0.05) is 0 Å². The Morgan fingerprint density at radius 1 is 1.00 bits per heavy atom. The zero-order valence-corrected chi connectivity index (χ0v) is 19.7. The van der Waals surface area contributed by atoms with E-state index in [4.69, 9.17) is 0 Å². The summed E-state index contributed by atoms with van der Waals surface area (Å²) >= 11 is 1.47. The summed E-state index contributed by atoms with van der Waals surface area (Å²) in [6, 6.07) is 0. The number of fused-ring (bicyclic) bond motifs is 1. The Bertz CT molecular complexity index is 580. The van der Waals surface area contributed by atoms with Crippen LogP contribution in [0, 0.1) is 0 Å². The SMILES string of the molecule is CCCC[C](CCCC)(CCCC)[Sn][c]1cn2cnc(CC)c2s1. The van der Waals surface area contributed by atoms with Crippen molar-refractivity contribution in [3.05, 3.63) is 18.2 Å². The van der Waals surface area contributed by atoms with E-state index in [-0.39, 0.29) is 0 Å². The Kier molecular flexibility index (Phi) is 8.62. The molecule has 0 aliphatic carbocycles. The van der Waals surface area contributed by atoms with E-state index in [2.05, 4.69) is 54.6 Å². The number of imidazole rings is 1. The molecule has 24 heavy (non-hydrogen) atoms. The number of aromatic nitrogens is 2. The molecule has 0 saturated carbocycles. The summed E-state index contributed by atoms with van der Waals surface area (Å²) in [4.78, 5) is 5.96. The van der Waals surface area contributed by atoms with Crippen LogP contribution in [-0.4, -0.2) is 30.5 Å². The van der Waals surface area contributed by atoms with Crippen LogP contribution >= 0.6 is 11.3 Å². The van der Waals surface area contributed by atoms with E-state index in [1.807, 2.05) is 6.33 Å². The summed E-state index contributed by atoms with van der Waals surface area (Å²) in [6.07, 6.45) is 18.2. The number of hydrogen-bond donors (Lipinski definition) is 0. The second-order valence-electron chi connectivity index (χ2n) is 7.07. The van der Waals surface area contributed by atoms with Gasteiger partial charge in [0.2, 0.25) is 0 Å². The van der Waals surface area contributed by atoms with Gasteiger partial charge in [0.25, 0.3) is 0 Å². The van der Waals surface area contributed by atoms with Crippen molar-refractivity contribution in [2.75, 3.05) is 0 Å². The molecule has 2 rings (SSSR count). The van der Waals surface area contributed by atoms with E-state index < -0.39 is 21.1 Å². The summed E-state index contributed by atoms with van der Waals surface area (Å²) in [5.74, 6) is 0. The summed E-state index contributed by atoms with van der Waals surface area (Å²) in [5, 5.41) is 0. The quantitative estimate of drug-likeness (QED) is 0.360. The van der Waals surface area contributed by atoms with Gasteiger partial charge >= 0.3 is 163 Å². The molecule has 0 bridgehead atoms. The van der Waals surface area contributed by atoms with E-state index in [0.29, 0.717) is 3.43 Å². The van der Waals surface area contributed by atoms with Crippen molar-refractivity contribution in [1.29, 1.82) is 0 Å². The molecule has 2 aromatic rings. The van der Waals surface area contributed by atoms with Gasteiger partial charge in [0.05, 0.1) is 0 Å². The Balaban J connectivity index is 2.23. The first-order valence-electron chi connectivity index (χ1n) is 9.91. The monoisotopic (exact) mass is 454 g/mol. The fraction of sp³-hybridized carbons (Fsp3) is 0.750. The fourth-order valence-electron chi connectivity index (χ4n) is 3.52. The van der Waals surface area contributed by atoms with Crippen LogP contribution in [0.15, 0.2) is 12.5 Å². The van der Waals surface area contributed by atoms with E-state index in [0.717, 1.165) is 6.42 Å². The van der Waals surface area contributed by atoms with Crippen LogP contribution in [-0.2, 0) is 6.42 Å². The van der Waals surface area contributed by atoms with E-state index in [1.54, 1.807) is 2.89 Å². The normalized spacial score (nSPS) is 12.3. The minimum absolute atomic E-state index is 0.588. The third-order valence-corrected chi connectivity index (χ3v) is 12.3. The second-order valence-corrected chi connectivity index (χ2v) is 14.4. The molecule has 0 aliphatic heterocycles. The molecule has 0 amide bonds. The fourth-order valence-corrected chi connectivity index (χ4v) is 11.8. The molecule has 2 aromatic heterocycles. The zero-order valence-electron chi connectivity index (χ0n) is 16.0. The molecule has 2 nitrogen and oxygen atoms in total. The van der Waals surface area contributed by atoms with Crippen molar-refractivity contribution in [2.45, 2.75) is 95.3 Å². The minimum atomic E-state index is -0.588. The Morgan fingerprint density at radius 2 is 1.58 bits per heavy atom. The molecule has 0 atom stereocenters. The van der Waals surface area contributed by atoms with Crippen LogP contribution in [0.1, 0.15) is 91.2 Å². The molecule has 0 aliphatic rings. The van der Waals surface area contributed by atoms with Crippen molar-refractivity contribution in [2.24, 2.45) is 0 Å². The van der Waals surface area contributed by atoms with Gasteiger partial charge in [-0.2, -0.15) is 0 Å². The van der Waals surface area contributed by atoms with Crippen LogP contribution < -0.4 is 2.89 Å².